The normalized spacial score (nSPS) is 22.1. The number of halogens is 2. The van der Waals surface area contributed by atoms with Gasteiger partial charge in [-0.2, -0.15) is 0 Å². The van der Waals surface area contributed by atoms with E-state index in [1.807, 2.05) is 30.3 Å². The average Bonchev–Trinajstić information content (AvgIpc) is 2.40. The van der Waals surface area contributed by atoms with Crippen molar-refractivity contribution >= 4 is 6.09 Å². The van der Waals surface area contributed by atoms with Crippen LogP contribution in [0.3, 0.4) is 0 Å². The van der Waals surface area contributed by atoms with E-state index in [9.17, 15) is 13.6 Å². The van der Waals surface area contributed by atoms with Crippen LogP contribution in [0.2, 0.25) is 0 Å². The second kappa shape index (κ2) is 5.55. The molecule has 1 aliphatic rings. The van der Waals surface area contributed by atoms with Gasteiger partial charge in [-0.25, -0.2) is 13.6 Å². The van der Waals surface area contributed by atoms with E-state index in [2.05, 4.69) is 0 Å². The molecule has 0 saturated carbocycles. The van der Waals surface area contributed by atoms with E-state index in [-0.39, 0.29) is 26.1 Å². The minimum absolute atomic E-state index is 0.0423. The van der Waals surface area contributed by atoms with Gasteiger partial charge in [0.25, 0.3) is 5.92 Å². The predicted molar refractivity (Wildman–Crippen MR) is 66.9 cm³/mol. The third-order valence-electron chi connectivity index (χ3n) is 3.39. The van der Waals surface area contributed by atoms with Crippen LogP contribution in [0, 0.1) is 5.92 Å². The van der Waals surface area contributed by atoms with Crippen LogP contribution in [0.1, 0.15) is 18.9 Å². The maximum Gasteiger partial charge on any atom is 0.410 e. The van der Waals surface area contributed by atoms with Gasteiger partial charge in [0.05, 0.1) is 0 Å². The summed E-state index contributed by atoms with van der Waals surface area (Å²) in [5, 5.41) is 0. The first kappa shape index (κ1) is 13.8. The molecule has 2 rings (SSSR count). The highest BCUT2D eigenvalue weighted by atomic mass is 19.3. The monoisotopic (exact) mass is 269 g/mol. The number of likely N-dealkylation sites (tertiary alicyclic amines) is 1. The molecule has 3 nitrogen and oxygen atoms in total. The highest BCUT2D eigenvalue weighted by Crippen LogP contribution is 2.33. The molecule has 0 N–H and O–H groups in total. The lowest BCUT2D eigenvalue weighted by atomic mass is 9.96. The molecule has 1 aliphatic heterocycles. The van der Waals surface area contributed by atoms with Gasteiger partial charge in [0.2, 0.25) is 0 Å². The zero-order valence-corrected chi connectivity index (χ0v) is 10.8. The van der Waals surface area contributed by atoms with Crippen molar-refractivity contribution in [2.75, 3.05) is 13.1 Å². The summed E-state index contributed by atoms with van der Waals surface area (Å²) in [4.78, 5) is 13.1. The number of nitrogens with zero attached hydrogens (tertiary/aromatic N) is 1. The Morgan fingerprint density at radius 2 is 2.11 bits per heavy atom. The standard InChI is InChI=1S/C14H17F2NO2/c1-11-9-17(8-7-14(11,15)16)13(18)19-10-12-5-3-2-4-6-12/h2-6,11H,7-10H2,1H3/t11-/m1/s1. The van der Waals surface area contributed by atoms with Crippen molar-refractivity contribution in [2.24, 2.45) is 5.92 Å². The fourth-order valence-electron chi connectivity index (χ4n) is 2.06. The van der Waals surface area contributed by atoms with Gasteiger partial charge in [-0.15, -0.1) is 0 Å². The third kappa shape index (κ3) is 3.43. The molecule has 19 heavy (non-hydrogen) atoms. The smallest absolute Gasteiger partial charge is 0.410 e. The Kier molecular flexibility index (Phi) is 4.02. The van der Waals surface area contributed by atoms with Crippen LogP contribution in [-0.2, 0) is 11.3 Å². The van der Waals surface area contributed by atoms with Gasteiger partial charge in [-0.1, -0.05) is 37.3 Å². The quantitative estimate of drug-likeness (QED) is 0.824. The van der Waals surface area contributed by atoms with Crippen LogP contribution < -0.4 is 0 Å². The number of benzene rings is 1. The first-order chi connectivity index (χ1) is 8.99. The molecule has 0 aromatic heterocycles. The van der Waals surface area contributed by atoms with Gasteiger partial charge in [0.1, 0.15) is 6.61 Å². The number of rotatable bonds is 2. The number of ether oxygens (including phenoxy) is 1. The minimum atomic E-state index is -2.68. The molecule has 0 unspecified atom stereocenters. The number of hydrogen-bond acceptors (Lipinski definition) is 2. The van der Waals surface area contributed by atoms with E-state index in [1.54, 1.807) is 0 Å². The second-order valence-electron chi connectivity index (χ2n) is 4.90. The van der Waals surface area contributed by atoms with Crippen LogP contribution in [0.15, 0.2) is 30.3 Å². The highest BCUT2D eigenvalue weighted by Gasteiger charge is 2.42. The maximum atomic E-state index is 13.3. The Balaban J connectivity index is 1.84. The Morgan fingerprint density at radius 1 is 1.42 bits per heavy atom. The summed E-state index contributed by atoms with van der Waals surface area (Å²) in [5.74, 6) is -3.51. The average molecular weight is 269 g/mol. The Labute approximate surface area is 111 Å². The third-order valence-corrected chi connectivity index (χ3v) is 3.39. The SMILES string of the molecule is C[C@@H]1CN(C(=O)OCc2ccccc2)CCC1(F)F. The van der Waals surface area contributed by atoms with Crippen molar-refractivity contribution in [2.45, 2.75) is 25.9 Å². The van der Waals surface area contributed by atoms with Gasteiger partial charge in [-0.05, 0) is 5.56 Å². The first-order valence-corrected chi connectivity index (χ1v) is 6.32. The van der Waals surface area contributed by atoms with E-state index >= 15 is 0 Å². The molecule has 1 heterocycles. The van der Waals surface area contributed by atoms with Crippen molar-refractivity contribution in [3.8, 4) is 0 Å². The van der Waals surface area contributed by atoms with Crippen LogP contribution in [0.4, 0.5) is 13.6 Å². The van der Waals surface area contributed by atoms with Crippen molar-refractivity contribution in [3.05, 3.63) is 35.9 Å². The topological polar surface area (TPSA) is 29.5 Å². The number of alkyl halides is 2. The fourth-order valence-corrected chi connectivity index (χ4v) is 2.06. The molecular weight excluding hydrogens is 252 g/mol. The summed E-state index contributed by atoms with van der Waals surface area (Å²) in [5.41, 5.74) is 0.881. The number of amides is 1. The molecule has 1 saturated heterocycles. The lowest BCUT2D eigenvalue weighted by Crippen LogP contribution is -2.48. The van der Waals surface area contributed by atoms with E-state index in [1.165, 1.54) is 11.8 Å². The van der Waals surface area contributed by atoms with E-state index in [0.29, 0.717) is 0 Å². The molecule has 104 valence electrons. The van der Waals surface area contributed by atoms with E-state index in [0.717, 1.165) is 5.56 Å². The zero-order valence-electron chi connectivity index (χ0n) is 10.8. The maximum absolute atomic E-state index is 13.3. The van der Waals surface area contributed by atoms with Crippen molar-refractivity contribution in [1.82, 2.24) is 4.90 Å². The molecule has 0 spiro atoms. The van der Waals surface area contributed by atoms with Crippen molar-refractivity contribution < 1.29 is 18.3 Å². The largest absolute Gasteiger partial charge is 0.445 e. The summed E-state index contributed by atoms with van der Waals surface area (Å²) in [7, 11) is 0. The van der Waals surface area contributed by atoms with Crippen LogP contribution >= 0.6 is 0 Å². The number of hydrogen-bond donors (Lipinski definition) is 0. The van der Waals surface area contributed by atoms with E-state index < -0.39 is 17.9 Å². The van der Waals surface area contributed by atoms with Crippen molar-refractivity contribution in [1.29, 1.82) is 0 Å². The predicted octanol–water partition coefficient (Wildman–Crippen LogP) is 3.30. The molecule has 1 atom stereocenters. The van der Waals surface area contributed by atoms with Gasteiger partial charge in [0.15, 0.2) is 0 Å². The van der Waals surface area contributed by atoms with Crippen LogP contribution in [0.25, 0.3) is 0 Å². The summed E-state index contributed by atoms with van der Waals surface area (Å²) < 4.78 is 31.7. The summed E-state index contributed by atoms with van der Waals surface area (Å²) in [6.45, 7) is 1.71. The van der Waals surface area contributed by atoms with Gasteiger partial charge < -0.3 is 9.64 Å². The lowest BCUT2D eigenvalue weighted by Gasteiger charge is -2.35. The Bertz CT molecular complexity index is 436. The molecular formula is C14H17F2NO2. The Hall–Kier alpha value is -1.65. The van der Waals surface area contributed by atoms with Crippen LogP contribution in [-0.4, -0.2) is 30.0 Å². The Morgan fingerprint density at radius 3 is 2.74 bits per heavy atom. The van der Waals surface area contributed by atoms with E-state index in [4.69, 9.17) is 4.74 Å². The molecule has 1 fully saturated rings. The van der Waals surface area contributed by atoms with Gasteiger partial charge >= 0.3 is 6.09 Å². The molecule has 0 bridgehead atoms. The molecule has 1 aromatic rings. The molecule has 1 aromatic carbocycles. The number of carbonyl (C=O) groups is 1. The number of piperidine rings is 1. The van der Waals surface area contributed by atoms with Gasteiger partial charge in [-0.3, -0.25) is 0 Å². The molecule has 0 radical (unpaired) electrons. The minimum Gasteiger partial charge on any atom is -0.445 e. The summed E-state index contributed by atoms with van der Waals surface area (Å²) >= 11 is 0. The summed E-state index contributed by atoms with van der Waals surface area (Å²) in [6, 6.07) is 9.28. The highest BCUT2D eigenvalue weighted by molar-refractivity contribution is 5.67. The van der Waals surface area contributed by atoms with Gasteiger partial charge in [0, 0.05) is 25.4 Å². The van der Waals surface area contributed by atoms with Crippen molar-refractivity contribution in [3.63, 3.8) is 0 Å². The number of carbonyl (C=O) groups excluding carboxylic acids is 1. The summed E-state index contributed by atoms with van der Waals surface area (Å²) in [6.07, 6.45) is -0.819. The lowest BCUT2D eigenvalue weighted by molar-refractivity contribution is -0.0952. The fraction of sp³-hybridized carbons (Fsp3) is 0.500. The second-order valence-corrected chi connectivity index (χ2v) is 4.90. The molecule has 0 aliphatic carbocycles. The molecule has 5 heteroatoms. The molecule has 1 amide bonds. The van der Waals surface area contributed by atoms with Crippen LogP contribution in [0.5, 0.6) is 0 Å². The zero-order chi connectivity index (χ0) is 13.9. The first-order valence-electron chi connectivity index (χ1n) is 6.32.